The number of hydrogen-bond acceptors (Lipinski definition) is 4. The summed E-state index contributed by atoms with van der Waals surface area (Å²) in [5.41, 5.74) is 0.754. The Morgan fingerprint density at radius 3 is 2.29 bits per heavy atom. The summed E-state index contributed by atoms with van der Waals surface area (Å²) in [7, 11) is 0. The lowest BCUT2D eigenvalue weighted by Gasteiger charge is -2.17. The molecule has 1 rings (SSSR count). The van der Waals surface area contributed by atoms with Gasteiger partial charge in [-0.1, -0.05) is 19.0 Å². The number of carboxylic acid groups (broad SMARTS) is 1. The average Bonchev–Trinajstić information content (AvgIpc) is 2.53. The summed E-state index contributed by atoms with van der Waals surface area (Å²) in [6, 6.07) is -0.920. The second kappa shape index (κ2) is 4.99. The van der Waals surface area contributed by atoms with Gasteiger partial charge in [0.2, 0.25) is 0 Å². The minimum atomic E-state index is -1.06. The van der Waals surface area contributed by atoms with E-state index < -0.39 is 17.9 Å². The van der Waals surface area contributed by atoms with Crippen molar-refractivity contribution in [3.8, 4) is 0 Å². The molecule has 0 aromatic carbocycles. The van der Waals surface area contributed by atoms with E-state index in [1.807, 2.05) is 0 Å². The SMILES string of the molecule is Cc1noc(C)c1C(=O)N[C@H](C(=O)O)C(C)C. The van der Waals surface area contributed by atoms with Gasteiger partial charge in [-0.25, -0.2) is 4.79 Å². The molecule has 0 bridgehead atoms. The Balaban J connectivity index is 2.89. The van der Waals surface area contributed by atoms with Gasteiger partial charge in [-0.2, -0.15) is 0 Å². The second-order valence-electron chi connectivity index (χ2n) is 4.23. The van der Waals surface area contributed by atoms with Crippen LogP contribution in [0.25, 0.3) is 0 Å². The summed E-state index contributed by atoms with van der Waals surface area (Å²) in [5.74, 6) is -1.34. The van der Waals surface area contributed by atoms with Crippen LogP contribution >= 0.6 is 0 Å². The number of rotatable bonds is 4. The predicted molar refractivity (Wildman–Crippen MR) is 59.7 cm³/mol. The van der Waals surface area contributed by atoms with Gasteiger partial charge in [-0.05, 0) is 19.8 Å². The Kier molecular flexibility index (Phi) is 3.88. The topological polar surface area (TPSA) is 92.4 Å². The molecule has 1 amide bonds. The standard InChI is InChI=1S/C11H16N2O4/c1-5(2)9(11(15)16)12-10(14)8-6(3)13-17-7(8)4/h5,9H,1-4H3,(H,12,14)(H,15,16)/t9-/m0/s1. The number of hydrogen-bond donors (Lipinski definition) is 2. The molecule has 94 valence electrons. The van der Waals surface area contributed by atoms with Crippen LogP contribution in [0.3, 0.4) is 0 Å². The molecule has 0 saturated carbocycles. The third-order valence-corrected chi connectivity index (χ3v) is 2.48. The first-order valence-electron chi connectivity index (χ1n) is 5.31. The average molecular weight is 240 g/mol. The quantitative estimate of drug-likeness (QED) is 0.823. The van der Waals surface area contributed by atoms with E-state index in [1.165, 1.54) is 0 Å². The Morgan fingerprint density at radius 2 is 1.94 bits per heavy atom. The maximum atomic E-state index is 11.9. The molecule has 1 heterocycles. The molecule has 0 spiro atoms. The zero-order valence-electron chi connectivity index (χ0n) is 10.3. The van der Waals surface area contributed by atoms with E-state index in [0.717, 1.165) is 0 Å². The van der Waals surface area contributed by atoms with E-state index in [-0.39, 0.29) is 5.92 Å². The number of carbonyl (C=O) groups excluding carboxylic acids is 1. The first-order chi connectivity index (χ1) is 7.84. The highest BCUT2D eigenvalue weighted by atomic mass is 16.5. The van der Waals surface area contributed by atoms with Crippen LogP contribution in [0.1, 0.15) is 35.7 Å². The van der Waals surface area contributed by atoms with E-state index >= 15 is 0 Å². The molecule has 0 unspecified atom stereocenters. The van der Waals surface area contributed by atoms with Crippen molar-refractivity contribution in [1.82, 2.24) is 10.5 Å². The van der Waals surface area contributed by atoms with Crippen molar-refractivity contribution in [2.45, 2.75) is 33.7 Å². The Hall–Kier alpha value is -1.85. The normalized spacial score (nSPS) is 12.5. The van der Waals surface area contributed by atoms with Crippen LogP contribution in [-0.2, 0) is 4.79 Å². The summed E-state index contributed by atoms with van der Waals surface area (Å²) in [6.07, 6.45) is 0. The van der Waals surface area contributed by atoms with Gasteiger partial charge in [-0.3, -0.25) is 4.79 Å². The number of nitrogens with zero attached hydrogens (tertiary/aromatic N) is 1. The molecule has 6 nitrogen and oxygen atoms in total. The third-order valence-electron chi connectivity index (χ3n) is 2.48. The van der Waals surface area contributed by atoms with E-state index in [4.69, 9.17) is 9.63 Å². The molecule has 2 N–H and O–H groups in total. The molecule has 1 atom stereocenters. The van der Waals surface area contributed by atoms with Crippen LogP contribution < -0.4 is 5.32 Å². The van der Waals surface area contributed by atoms with Crippen molar-refractivity contribution in [2.75, 3.05) is 0 Å². The minimum absolute atomic E-state index is 0.197. The summed E-state index contributed by atoms with van der Waals surface area (Å²) in [6.45, 7) is 6.70. The smallest absolute Gasteiger partial charge is 0.326 e. The number of aromatic nitrogens is 1. The predicted octanol–water partition coefficient (Wildman–Crippen LogP) is 1.13. The van der Waals surface area contributed by atoms with Gasteiger partial charge in [0.25, 0.3) is 5.91 Å². The van der Waals surface area contributed by atoms with Crippen molar-refractivity contribution in [2.24, 2.45) is 5.92 Å². The van der Waals surface area contributed by atoms with Crippen LogP contribution in [0.15, 0.2) is 4.52 Å². The number of nitrogens with one attached hydrogen (secondary N) is 1. The lowest BCUT2D eigenvalue weighted by atomic mass is 10.0. The summed E-state index contributed by atoms with van der Waals surface area (Å²) in [4.78, 5) is 22.9. The fourth-order valence-corrected chi connectivity index (χ4v) is 1.53. The molecule has 17 heavy (non-hydrogen) atoms. The van der Waals surface area contributed by atoms with Gasteiger partial charge in [0.05, 0.1) is 5.69 Å². The number of carboxylic acids is 1. The summed E-state index contributed by atoms with van der Waals surface area (Å²) < 4.78 is 4.86. The molecule has 0 aliphatic heterocycles. The molecular formula is C11H16N2O4. The maximum Gasteiger partial charge on any atom is 0.326 e. The highest BCUT2D eigenvalue weighted by Gasteiger charge is 2.26. The fourth-order valence-electron chi connectivity index (χ4n) is 1.53. The van der Waals surface area contributed by atoms with Crippen LogP contribution in [0.4, 0.5) is 0 Å². The van der Waals surface area contributed by atoms with E-state index in [0.29, 0.717) is 17.0 Å². The summed E-state index contributed by atoms with van der Waals surface area (Å²) >= 11 is 0. The molecule has 0 aliphatic carbocycles. The molecule has 0 saturated heterocycles. The fraction of sp³-hybridized carbons (Fsp3) is 0.545. The van der Waals surface area contributed by atoms with Crippen LogP contribution in [0.5, 0.6) is 0 Å². The van der Waals surface area contributed by atoms with Crippen molar-refractivity contribution in [3.05, 3.63) is 17.0 Å². The van der Waals surface area contributed by atoms with Crippen molar-refractivity contribution in [1.29, 1.82) is 0 Å². The molecule has 0 radical (unpaired) electrons. The first-order valence-corrected chi connectivity index (χ1v) is 5.31. The zero-order valence-corrected chi connectivity index (χ0v) is 10.3. The van der Waals surface area contributed by atoms with Crippen molar-refractivity contribution in [3.63, 3.8) is 0 Å². The maximum absolute atomic E-state index is 11.9. The molecule has 0 aliphatic rings. The van der Waals surface area contributed by atoms with Crippen LogP contribution in [0.2, 0.25) is 0 Å². The van der Waals surface area contributed by atoms with Gasteiger partial charge >= 0.3 is 5.97 Å². The number of aliphatic carboxylic acids is 1. The van der Waals surface area contributed by atoms with Crippen molar-refractivity contribution >= 4 is 11.9 Å². The molecule has 1 aromatic rings. The second-order valence-corrected chi connectivity index (χ2v) is 4.23. The van der Waals surface area contributed by atoms with Gasteiger partial charge < -0.3 is 14.9 Å². The Morgan fingerprint density at radius 1 is 1.35 bits per heavy atom. The number of amides is 1. The van der Waals surface area contributed by atoms with Gasteiger partial charge in [-0.15, -0.1) is 0 Å². The lowest BCUT2D eigenvalue weighted by Crippen LogP contribution is -2.44. The van der Waals surface area contributed by atoms with Gasteiger partial charge in [0.1, 0.15) is 17.4 Å². The summed E-state index contributed by atoms with van der Waals surface area (Å²) in [5, 5.41) is 15.1. The van der Waals surface area contributed by atoms with E-state index in [2.05, 4.69) is 10.5 Å². The van der Waals surface area contributed by atoms with Gasteiger partial charge in [0.15, 0.2) is 0 Å². The Bertz CT molecular complexity index is 417. The van der Waals surface area contributed by atoms with Crippen LogP contribution in [0, 0.1) is 19.8 Å². The number of aryl methyl sites for hydroxylation is 2. The third kappa shape index (κ3) is 2.83. The molecule has 6 heteroatoms. The minimum Gasteiger partial charge on any atom is -0.480 e. The number of carbonyl (C=O) groups is 2. The van der Waals surface area contributed by atoms with Crippen LogP contribution in [-0.4, -0.2) is 28.2 Å². The first kappa shape index (κ1) is 13.2. The monoisotopic (exact) mass is 240 g/mol. The Labute approximate surface area is 99.0 Å². The van der Waals surface area contributed by atoms with Crippen molar-refractivity contribution < 1.29 is 19.2 Å². The highest BCUT2D eigenvalue weighted by molar-refractivity contribution is 5.98. The van der Waals surface area contributed by atoms with Gasteiger partial charge in [0, 0.05) is 0 Å². The lowest BCUT2D eigenvalue weighted by molar-refractivity contribution is -0.140. The highest BCUT2D eigenvalue weighted by Crippen LogP contribution is 2.13. The largest absolute Gasteiger partial charge is 0.480 e. The van der Waals surface area contributed by atoms with E-state index in [1.54, 1.807) is 27.7 Å². The molecule has 1 aromatic heterocycles. The molecule has 0 fully saturated rings. The zero-order chi connectivity index (χ0) is 13.2. The van der Waals surface area contributed by atoms with E-state index in [9.17, 15) is 9.59 Å². The molecular weight excluding hydrogens is 224 g/mol.